The quantitative estimate of drug-likeness (QED) is 0.649. The molecule has 0 bridgehead atoms. The van der Waals surface area contributed by atoms with Gasteiger partial charge in [0.1, 0.15) is 0 Å². The Morgan fingerprint density at radius 1 is 0.966 bits per heavy atom. The van der Waals surface area contributed by atoms with Crippen molar-refractivity contribution in [1.29, 1.82) is 0 Å². The molecule has 5 nitrogen and oxygen atoms in total. The number of hydrogen-bond donors (Lipinski definition) is 2. The number of para-hydroxylation sites is 2. The molecular formula is C24H20N2O3. The fraction of sp³-hybridized carbons (Fsp3) is 0.0833. The van der Waals surface area contributed by atoms with Gasteiger partial charge in [0.25, 0.3) is 11.8 Å². The number of carbonyl (C=O) groups is 2. The molecular weight excluding hydrogens is 364 g/mol. The molecule has 3 aromatic rings. The Balaban J connectivity index is 1.46. The molecule has 0 saturated carbocycles. The zero-order chi connectivity index (χ0) is 20.2. The summed E-state index contributed by atoms with van der Waals surface area (Å²) in [6.07, 6.45) is 1.65. The zero-order valence-corrected chi connectivity index (χ0v) is 15.9. The van der Waals surface area contributed by atoms with Gasteiger partial charge in [-0.1, -0.05) is 54.6 Å². The number of nitrogens with one attached hydrogen (secondary N) is 2. The van der Waals surface area contributed by atoms with Crippen LogP contribution >= 0.6 is 0 Å². The number of carbonyl (C=O) groups excluding carboxylic acids is 2. The zero-order valence-electron chi connectivity index (χ0n) is 15.9. The molecule has 0 aromatic heterocycles. The second kappa shape index (κ2) is 8.02. The molecule has 0 radical (unpaired) electrons. The normalized spacial score (nSPS) is 15.1. The van der Waals surface area contributed by atoms with Gasteiger partial charge in [0.05, 0.1) is 11.7 Å². The van der Waals surface area contributed by atoms with Crippen molar-refractivity contribution in [2.75, 3.05) is 5.32 Å². The summed E-state index contributed by atoms with van der Waals surface area (Å²) in [6, 6.07) is 24.0. The van der Waals surface area contributed by atoms with Crippen LogP contribution in [0.1, 0.15) is 34.5 Å². The number of ether oxygens (including phenoxy) is 1. The summed E-state index contributed by atoms with van der Waals surface area (Å²) in [6.45, 7) is 1.95. The van der Waals surface area contributed by atoms with E-state index in [2.05, 4.69) is 10.6 Å². The van der Waals surface area contributed by atoms with E-state index >= 15 is 0 Å². The van der Waals surface area contributed by atoms with E-state index in [0.717, 1.165) is 11.1 Å². The highest BCUT2D eigenvalue weighted by Crippen LogP contribution is 2.30. The molecule has 1 aliphatic heterocycles. The van der Waals surface area contributed by atoms with Crippen molar-refractivity contribution in [1.82, 2.24) is 5.32 Å². The van der Waals surface area contributed by atoms with E-state index in [4.69, 9.17) is 4.74 Å². The first-order chi connectivity index (χ1) is 14.1. The van der Waals surface area contributed by atoms with Gasteiger partial charge in [-0.2, -0.15) is 0 Å². The minimum atomic E-state index is -0.304. The van der Waals surface area contributed by atoms with Crippen LogP contribution in [-0.4, -0.2) is 11.8 Å². The van der Waals surface area contributed by atoms with Crippen LogP contribution in [0.15, 0.2) is 84.6 Å². The van der Waals surface area contributed by atoms with Gasteiger partial charge in [-0.05, 0) is 48.4 Å². The van der Waals surface area contributed by atoms with Crippen LogP contribution < -0.4 is 15.4 Å². The third-order valence-corrected chi connectivity index (χ3v) is 4.70. The van der Waals surface area contributed by atoms with Crippen LogP contribution in [0.25, 0.3) is 6.08 Å². The van der Waals surface area contributed by atoms with Crippen molar-refractivity contribution in [2.45, 2.75) is 13.0 Å². The smallest absolute Gasteiger partial charge is 0.291 e. The SMILES string of the molecule is C[C@@H](NC(=O)c1ccc(/C=C2\Oc3ccccc3NC2=O)cc1)c1ccccc1. The highest BCUT2D eigenvalue weighted by Gasteiger charge is 2.21. The van der Waals surface area contributed by atoms with Gasteiger partial charge in [-0.3, -0.25) is 9.59 Å². The summed E-state index contributed by atoms with van der Waals surface area (Å²) in [5.74, 6) is 0.353. The van der Waals surface area contributed by atoms with E-state index in [1.54, 1.807) is 42.5 Å². The van der Waals surface area contributed by atoms with Crippen molar-refractivity contribution < 1.29 is 14.3 Å². The van der Waals surface area contributed by atoms with Gasteiger partial charge in [0.2, 0.25) is 0 Å². The van der Waals surface area contributed by atoms with E-state index in [0.29, 0.717) is 17.0 Å². The molecule has 0 saturated heterocycles. The van der Waals surface area contributed by atoms with Gasteiger partial charge in [0, 0.05) is 5.56 Å². The minimum Gasteiger partial charge on any atom is -0.449 e. The number of benzene rings is 3. The maximum Gasteiger partial charge on any atom is 0.291 e. The molecule has 2 N–H and O–H groups in total. The molecule has 0 aliphatic carbocycles. The van der Waals surface area contributed by atoms with Gasteiger partial charge < -0.3 is 15.4 Å². The van der Waals surface area contributed by atoms with E-state index in [1.165, 1.54) is 0 Å². The lowest BCUT2D eigenvalue weighted by atomic mass is 10.1. The summed E-state index contributed by atoms with van der Waals surface area (Å²) >= 11 is 0. The van der Waals surface area contributed by atoms with E-state index < -0.39 is 0 Å². The number of hydrogen-bond acceptors (Lipinski definition) is 3. The molecule has 1 aliphatic rings. The Labute approximate surface area is 169 Å². The summed E-state index contributed by atoms with van der Waals surface area (Å²) in [5.41, 5.74) is 3.01. The maximum absolute atomic E-state index is 12.5. The molecule has 3 aromatic carbocycles. The summed E-state index contributed by atoms with van der Waals surface area (Å²) < 4.78 is 5.70. The molecule has 29 heavy (non-hydrogen) atoms. The number of fused-ring (bicyclic) bond motifs is 1. The third-order valence-electron chi connectivity index (χ3n) is 4.70. The van der Waals surface area contributed by atoms with Crippen molar-refractivity contribution in [3.05, 3.63) is 101 Å². The third kappa shape index (κ3) is 4.19. The van der Waals surface area contributed by atoms with Crippen LogP contribution in [0.2, 0.25) is 0 Å². The van der Waals surface area contributed by atoms with E-state index in [-0.39, 0.29) is 23.6 Å². The van der Waals surface area contributed by atoms with E-state index in [1.807, 2.05) is 49.4 Å². The van der Waals surface area contributed by atoms with Crippen molar-refractivity contribution in [3.8, 4) is 5.75 Å². The van der Waals surface area contributed by atoms with Crippen molar-refractivity contribution in [3.63, 3.8) is 0 Å². The molecule has 5 heteroatoms. The molecule has 144 valence electrons. The second-order valence-electron chi connectivity index (χ2n) is 6.79. The minimum absolute atomic E-state index is 0.0927. The standard InChI is InChI=1S/C24H20N2O3/c1-16(18-7-3-2-4-8-18)25-23(27)19-13-11-17(12-14-19)15-22-24(28)26-20-9-5-6-10-21(20)29-22/h2-16H,1H3,(H,25,27)(H,26,28)/b22-15-/t16-/m1/s1. The fourth-order valence-corrected chi connectivity index (χ4v) is 3.09. The summed E-state index contributed by atoms with van der Waals surface area (Å²) in [4.78, 5) is 24.7. The average molecular weight is 384 g/mol. The number of rotatable bonds is 4. The van der Waals surface area contributed by atoms with Crippen LogP contribution in [0.5, 0.6) is 5.75 Å². The first kappa shape index (κ1) is 18.5. The predicted octanol–water partition coefficient (Wildman–Crippen LogP) is 4.55. The first-order valence-corrected chi connectivity index (χ1v) is 9.36. The van der Waals surface area contributed by atoms with Gasteiger partial charge in [0.15, 0.2) is 11.5 Å². The molecule has 1 atom stereocenters. The molecule has 0 unspecified atom stereocenters. The Morgan fingerprint density at radius 3 is 2.41 bits per heavy atom. The van der Waals surface area contributed by atoms with Crippen LogP contribution in [0.3, 0.4) is 0 Å². The second-order valence-corrected chi connectivity index (χ2v) is 6.79. The van der Waals surface area contributed by atoms with Crippen LogP contribution in [-0.2, 0) is 4.79 Å². The topological polar surface area (TPSA) is 67.4 Å². The lowest BCUT2D eigenvalue weighted by molar-refractivity contribution is -0.115. The Hall–Kier alpha value is -3.86. The van der Waals surface area contributed by atoms with Crippen LogP contribution in [0, 0.1) is 0 Å². The van der Waals surface area contributed by atoms with Gasteiger partial charge >= 0.3 is 0 Å². The number of anilines is 1. The van der Waals surface area contributed by atoms with Gasteiger partial charge in [-0.15, -0.1) is 0 Å². The summed E-state index contributed by atoms with van der Waals surface area (Å²) in [7, 11) is 0. The molecule has 2 amide bonds. The Kier molecular flexibility index (Phi) is 5.12. The largest absolute Gasteiger partial charge is 0.449 e. The fourth-order valence-electron chi connectivity index (χ4n) is 3.09. The lowest BCUT2D eigenvalue weighted by Crippen LogP contribution is -2.26. The highest BCUT2D eigenvalue weighted by atomic mass is 16.5. The lowest BCUT2D eigenvalue weighted by Gasteiger charge is -2.19. The Morgan fingerprint density at radius 2 is 1.66 bits per heavy atom. The Bertz CT molecular complexity index is 1070. The average Bonchev–Trinajstić information content (AvgIpc) is 2.75. The molecule has 0 spiro atoms. The maximum atomic E-state index is 12.5. The summed E-state index contributed by atoms with van der Waals surface area (Å²) in [5, 5.41) is 5.79. The number of amides is 2. The predicted molar refractivity (Wildman–Crippen MR) is 112 cm³/mol. The first-order valence-electron chi connectivity index (χ1n) is 9.36. The highest BCUT2D eigenvalue weighted by molar-refractivity contribution is 6.08. The van der Waals surface area contributed by atoms with Crippen molar-refractivity contribution in [2.24, 2.45) is 0 Å². The van der Waals surface area contributed by atoms with E-state index in [9.17, 15) is 9.59 Å². The monoisotopic (exact) mass is 384 g/mol. The molecule has 0 fully saturated rings. The molecule has 1 heterocycles. The van der Waals surface area contributed by atoms with Crippen molar-refractivity contribution >= 4 is 23.6 Å². The van der Waals surface area contributed by atoms with Gasteiger partial charge in [-0.25, -0.2) is 0 Å². The van der Waals surface area contributed by atoms with Crippen LogP contribution in [0.4, 0.5) is 5.69 Å². The molecule has 4 rings (SSSR count).